The van der Waals surface area contributed by atoms with Crippen LogP contribution >= 0.6 is 0 Å². The Morgan fingerprint density at radius 1 is 1.00 bits per heavy atom. The number of rotatable bonds is 4. The Morgan fingerprint density at radius 2 is 1.84 bits per heavy atom. The van der Waals surface area contributed by atoms with Crippen LogP contribution in [0, 0.1) is 0 Å². The predicted octanol–water partition coefficient (Wildman–Crippen LogP) is 2.67. The lowest BCUT2D eigenvalue weighted by Gasteiger charge is -2.16. The standard InChI is InChI=1S/C20H19NO4/c22-19(16-5-4-12-2-1-3-13(12)10-16)21-18(20(23)24)15-6-7-17-14(11-15)8-9-25-17/h4-7,10-11,18H,1-3,8-9H2,(H,21,22)(H,23,24). The molecule has 0 radical (unpaired) electrons. The smallest absolute Gasteiger partial charge is 0.330 e. The van der Waals surface area contributed by atoms with E-state index in [0.717, 1.165) is 37.0 Å². The number of nitrogens with one attached hydrogen (secondary N) is 1. The van der Waals surface area contributed by atoms with Gasteiger partial charge in [-0.3, -0.25) is 4.79 Å². The summed E-state index contributed by atoms with van der Waals surface area (Å²) in [7, 11) is 0. The lowest BCUT2D eigenvalue weighted by atomic mass is 10.0. The first-order valence-electron chi connectivity index (χ1n) is 8.53. The first-order chi connectivity index (χ1) is 12.1. The highest BCUT2D eigenvalue weighted by atomic mass is 16.5. The molecule has 0 aromatic heterocycles. The van der Waals surface area contributed by atoms with Gasteiger partial charge in [0.1, 0.15) is 5.75 Å². The Hall–Kier alpha value is -2.82. The maximum Gasteiger partial charge on any atom is 0.330 e. The van der Waals surface area contributed by atoms with Crippen LogP contribution in [0.5, 0.6) is 5.75 Å². The second kappa shape index (κ2) is 6.24. The number of carboxylic acid groups (broad SMARTS) is 1. The molecule has 2 aromatic rings. The van der Waals surface area contributed by atoms with Crippen molar-refractivity contribution in [1.29, 1.82) is 0 Å². The third-order valence-electron chi connectivity index (χ3n) is 4.93. The minimum Gasteiger partial charge on any atom is -0.493 e. The topological polar surface area (TPSA) is 75.6 Å². The third-order valence-corrected chi connectivity index (χ3v) is 4.93. The molecule has 0 fully saturated rings. The van der Waals surface area contributed by atoms with Gasteiger partial charge in [0.05, 0.1) is 6.61 Å². The highest BCUT2D eigenvalue weighted by Crippen LogP contribution is 2.29. The molecule has 128 valence electrons. The summed E-state index contributed by atoms with van der Waals surface area (Å²) in [6.07, 6.45) is 3.89. The van der Waals surface area contributed by atoms with Gasteiger partial charge >= 0.3 is 5.97 Å². The van der Waals surface area contributed by atoms with Gasteiger partial charge in [0.2, 0.25) is 0 Å². The molecule has 5 heteroatoms. The van der Waals surface area contributed by atoms with Gasteiger partial charge in [-0.1, -0.05) is 12.1 Å². The zero-order valence-electron chi connectivity index (χ0n) is 13.7. The van der Waals surface area contributed by atoms with Crippen LogP contribution in [0.1, 0.15) is 45.1 Å². The molecule has 4 rings (SSSR count). The first kappa shape index (κ1) is 15.7. The van der Waals surface area contributed by atoms with Gasteiger partial charge < -0.3 is 15.2 Å². The number of benzene rings is 2. The molecule has 0 saturated carbocycles. The van der Waals surface area contributed by atoms with Crippen molar-refractivity contribution in [2.24, 2.45) is 0 Å². The van der Waals surface area contributed by atoms with Gasteiger partial charge in [-0.25, -0.2) is 4.79 Å². The van der Waals surface area contributed by atoms with Crippen molar-refractivity contribution in [3.8, 4) is 5.75 Å². The number of amides is 1. The number of hydrogen-bond donors (Lipinski definition) is 2. The van der Waals surface area contributed by atoms with Gasteiger partial charge in [0.15, 0.2) is 6.04 Å². The Morgan fingerprint density at radius 3 is 2.68 bits per heavy atom. The van der Waals surface area contributed by atoms with Crippen LogP contribution < -0.4 is 10.1 Å². The first-order valence-corrected chi connectivity index (χ1v) is 8.53. The number of ether oxygens (including phenoxy) is 1. The Bertz CT molecular complexity index is 859. The molecular weight excluding hydrogens is 318 g/mol. The molecule has 2 aliphatic rings. The summed E-state index contributed by atoms with van der Waals surface area (Å²) in [5, 5.41) is 12.2. The van der Waals surface area contributed by atoms with E-state index >= 15 is 0 Å². The molecule has 1 heterocycles. The second-order valence-corrected chi connectivity index (χ2v) is 6.55. The Labute approximate surface area is 145 Å². The molecule has 1 atom stereocenters. The van der Waals surface area contributed by atoms with Crippen LogP contribution in [0.4, 0.5) is 0 Å². The number of carbonyl (C=O) groups excluding carboxylic acids is 1. The molecule has 2 N–H and O–H groups in total. The van der Waals surface area contributed by atoms with E-state index in [0.29, 0.717) is 17.7 Å². The summed E-state index contributed by atoms with van der Waals surface area (Å²) in [5.41, 5.74) is 4.53. The third kappa shape index (κ3) is 2.97. The quantitative estimate of drug-likeness (QED) is 0.899. The summed E-state index contributed by atoms with van der Waals surface area (Å²) >= 11 is 0. The monoisotopic (exact) mass is 337 g/mol. The van der Waals surface area contributed by atoms with E-state index in [1.54, 1.807) is 18.2 Å². The average Bonchev–Trinajstić information content (AvgIpc) is 3.26. The zero-order chi connectivity index (χ0) is 17.4. The average molecular weight is 337 g/mol. The van der Waals surface area contributed by atoms with E-state index < -0.39 is 12.0 Å². The highest BCUT2D eigenvalue weighted by molar-refractivity contribution is 5.97. The molecular formula is C20H19NO4. The lowest BCUT2D eigenvalue weighted by Crippen LogP contribution is -2.33. The largest absolute Gasteiger partial charge is 0.493 e. The van der Waals surface area contributed by atoms with Crippen molar-refractivity contribution < 1.29 is 19.4 Å². The summed E-state index contributed by atoms with van der Waals surface area (Å²) in [5.74, 6) is -0.648. The van der Waals surface area contributed by atoms with Crippen molar-refractivity contribution in [2.45, 2.75) is 31.7 Å². The van der Waals surface area contributed by atoms with E-state index in [-0.39, 0.29) is 5.91 Å². The Balaban J connectivity index is 1.57. The predicted molar refractivity (Wildman–Crippen MR) is 92.0 cm³/mol. The van der Waals surface area contributed by atoms with Crippen LogP contribution in [0.15, 0.2) is 36.4 Å². The number of carboxylic acids is 1. The molecule has 5 nitrogen and oxygen atoms in total. The summed E-state index contributed by atoms with van der Waals surface area (Å²) in [6, 6.07) is 9.83. The van der Waals surface area contributed by atoms with Crippen molar-refractivity contribution in [1.82, 2.24) is 5.32 Å². The van der Waals surface area contributed by atoms with Crippen molar-refractivity contribution in [2.75, 3.05) is 6.61 Å². The van der Waals surface area contributed by atoms with Gasteiger partial charge in [0.25, 0.3) is 5.91 Å². The molecule has 25 heavy (non-hydrogen) atoms. The molecule has 0 spiro atoms. The lowest BCUT2D eigenvalue weighted by molar-refractivity contribution is -0.139. The van der Waals surface area contributed by atoms with E-state index in [1.165, 1.54) is 11.1 Å². The van der Waals surface area contributed by atoms with Gasteiger partial charge in [-0.15, -0.1) is 0 Å². The van der Waals surface area contributed by atoms with E-state index in [2.05, 4.69) is 5.32 Å². The maximum atomic E-state index is 12.6. The summed E-state index contributed by atoms with van der Waals surface area (Å²) < 4.78 is 5.45. The van der Waals surface area contributed by atoms with Gasteiger partial charge in [-0.2, -0.15) is 0 Å². The van der Waals surface area contributed by atoms with Crippen LogP contribution in [0.25, 0.3) is 0 Å². The number of hydrogen-bond acceptors (Lipinski definition) is 3. The fourth-order valence-corrected chi connectivity index (χ4v) is 3.60. The zero-order valence-corrected chi connectivity index (χ0v) is 13.7. The summed E-state index contributed by atoms with van der Waals surface area (Å²) in [6.45, 7) is 0.609. The number of fused-ring (bicyclic) bond motifs is 2. The van der Waals surface area contributed by atoms with Gasteiger partial charge in [0, 0.05) is 12.0 Å². The molecule has 0 saturated heterocycles. The summed E-state index contributed by atoms with van der Waals surface area (Å²) in [4.78, 5) is 24.3. The van der Waals surface area contributed by atoms with Crippen molar-refractivity contribution in [3.63, 3.8) is 0 Å². The van der Waals surface area contributed by atoms with E-state index in [9.17, 15) is 14.7 Å². The van der Waals surface area contributed by atoms with Crippen LogP contribution in [0.2, 0.25) is 0 Å². The molecule has 2 aromatic carbocycles. The minimum atomic E-state index is -1.08. The molecule has 1 amide bonds. The number of carbonyl (C=O) groups is 2. The van der Waals surface area contributed by atoms with Crippen LogP contribution in [-0.2, 0) is 24.1 Å². The molecule has 0 bridgehead atoms. The number of aliphatic carboxylic acids is 1. The fourth-order valence-electron chi connectivity index (χ4n) is 3.60. The molecule has 1 unspecified atom stereocenters. The normalized spacial score (nSPS) is 15.8. The fraction of sp³-hybridized carbons (Fsp3) is 0.300. The second-order valence-electron chi connectivity index (χ2n) is 6.55. The van der Waals surface area contributed by atoms with E-state index in [1.807, 2.05) is 18.2 Å². The van der Waals surface area contributed by atoms with Crippen LogP contribution in [0.3, 0.4) is 0 Å². The van der Waals surface area contributed by atoms with Gasteiger partial charge in [-0.05, 0) is 65.8 Å². The number of aryl methyl sites for hydroxylation is 2. The van der Waals surface area contributed by atoms with E-state index in [4.69, 9.17) is 4.74 Å². The Kier molecular flexibility index (Phi) is 3.92. The molecule has 1 aliphatic heterocycles. The van der Waals surface area contributed by atoms with Crippen LogP contribution in [-0.4, -0.2) is 23.6 Å². The molecule has 1 aliphatic carbocycles. The highest BCUT2D eigenvalue weighted by Gasteiger charge is 2.25. The maximum absolute atomic E-state index is 12.6. The SMILES string of the molecule is O=C(NC(C(=O)O)c1ccc2c(c1)CCO2)c1ccc2c(c1)CCC2. The minimum absolute atomic E-state index is 0.362. The van der Waals surface area contributed by atoms with Crippen molar-refractivity contribution >= 4 is 11.9 Å². The van der Waals surface area contributed by atoms with Crippen molar-refractivity contribution in [3.05, 3.63) is 64.2 Å².